The van der Waals surface area contributed by atoms with Crippen molar-refractivity contribution in [2.75, 3.05) is 6.61 Å². The second-order valence-electron chi connectivity index (χ2n) is 3.44. The number of nitrogens with one attached hydrogen (secondary N) is 1. The van der Waals surface area contributed by atoms with E-state index in [1.807, 2.05) is 18.2 Å². The fourth-order valence-corrected chi connectivity index (χ4v) is 1.33. The van der Waals surface area contributed by atoms with Crippen LogP contribution < -0.4 is 5.32 Å². The Hall–Kier alpha value is -1.00. The van der Waals surface area contributed by atoms with Crippen LogP contribution in [-0.2, 0) is 0 Å². The normalized spacial score (nSPS) is 15.3. The van der Waals surface area contributed by atoms with Crippen molar-refractivity contribution in [3.05, 3.63) is 35.9 Å². The van der Waals surface area contributed by atoms with Gasteiger partial charge in [0, 0.05) is 0 Å². The highest BCUT2D eigenvalue weighted by Crippen LogP contribution is 2.14. The predicted octanol–water partition coefficient (Wildman–Crippen LogP) is 1.96. The highest BCUT2D eigenvalue weighted by atomic mass is 19.3. The molecule has 2 N–H and O–H groups in total. The third-order valence-corrected chi connectivity index (χ3v) is 2.23. The third-order valence-electron chi connectivity index (χ3n) is 2.23. The molecule has 0 radical (unpaired) electrons. The van der Waals surface area contributed by atoms with Crippen molar-refractivity contribution in [1.29, 1.82) is 0 Å². The lowest BCUT2D eigenvalue weighted by Gasteiger charge is -2.21. The van der Waals surface area contributed by atoms with Crippen molar-refractivity contribution in [2.24, 2.45) is 0 Å². The van der Waals surface area contributed by atoms with Gasteiger partial charge in [-0.1, -0.05) is 30.3 Å². The fourth-order valence-electron chi connectivity index (χ4n) is 1.33. The van der Waals surface area contributed by atoms with Crippen LogP contribution in [-0.4, -0.2) is 24.2 Å². The highest BCUT2D eigenvalue weighted by molar-refractivity contribution is 5.19. The van der Waals surface area contributed by atoms with Crippen LogP contribution in [0.3, 0.4) is 0 Å². The van der Waals surface area contributed by atoms with Gasteiger partial charge in [0.15, 0.2) is 0 Å². The second kappa shape index (κ2) is 5.78. The number of hydrogen-bond acceptors (Lipinski definition) is 2. The van der Waals surface area contributed by atoms with Crippen molar-refractivity contribution in [2.45, 2.75) is 25.4 Å². The lowest BCUT2D eigenvalue weighted by molar-refractivity contribution is 0.0927. The van der Waals surface area contributed by atoms with E-state index in [0.29, 0.717) is 0 Å². The van der Waals surface area contributed by atoms with Gasteiger partial charge >= 0.3 is 0 Å². The van der Waals surface area contributed by atoms with E-state index in [4.69, 9.17) is 5.11 Å². The standard InChI is InChI=1S/C11H15F2NO/c1-8(11(12)13)14-10(7-15)9-5-3-2-4-6-9/h2-6,8,10-11,14-15H,7H2,1H3/t8?,10-/m1/s1. The molecule has 1 rings (SSSR count). The van der Waals surface area contributed by atoms with Crippen LogP contribution >= 0.6 is 0 Å². The first-order valence-corrected chi connectivity index (χ1v) is 4.85. The molecule has 0 aromatic heterocycles. The van der Waals surface area contributed by atoms with Crippen LogP contribution in [0.5, 0.6) is 0 Å². The molecule has 15 heavy (non-hydrogen) atoms. The number of alkyl halides is 2. The topological polar surface area (TPSA) is 32.3 Å². The number of aliphatic hydroxyl groups is 1. The summed E-state index contributed by atoms with van der Waals surface area (Å²) in [5.74, 6) is 0. The number of halogens is 2. The minimum Gasteiger partial charge on any atom is -0.394 e. The quantitative estimate of drug-likeness (QED) is 0.787. The molecule has 0 spiro atoms. The molecular weight excluding hydrogens is 200 g/mol. The summed E-state index contributed by atoms with van der Waals surface area (Å²) >= 11 is 0. The van der Waals surface area contributed by atoms with E-state index in [0.717, 1.165) is 5.56 Å². The average Bonchev–Trinajstić information content (AvgIpc) is 2.26. The zero-order valence-electron chi connectivity index (χ0n) is 8.53. The van der Waals surface area contributed by atoms with Crippen molar-refractivity contribution in [3.8, 4) is 0 Å². The Labute approximate surface area is 87.9 Å². The molecule has 0 saturated carbocycles. The Balaban J connectivity index is 2.65. The Bertz CT molecular complexity index is 279. The summed E-state index contributed by atoms with van der Waals surface area (Å²) in [4.78, 5) is 0. The molecule has 2 atom stereocenters. The molecule has 0 bridgehead atoms. The van der Waals surface area contributed by atoms with E-state index >= 15 is 0 Å². The Morgan fingerprint density at radius 1 is 1.27 bits per heavy atom. The number of aliphatic hydroxyl groups excluding tert-OH is 1. The predicted molar refractivity (Wildman–Crippen MR) is 54.9 cm³/mol. The average molecular weight is 215 g/mol. The largest absolute Gasteiger partial charge is 0.394 e. The SMILES string of the molecule is CC(N[C@H](CO)c1ccccc1)C(F)F. The molecule has 0 aliphatic carbocycles. The van der Waals surface area contributed by atoms with Gasteiger partial charge in [-0.25, -0.2) is 8.78 Å². The molecule has 1 aromatic rings. The zero-order chi connectivity index (χ0) is 11.3. The van der Waals surface area contributed by atoms with Gasteiger partial charge in [-0.3, -0.25) is 0 Å². The Morgan fingerprint density at radius 2 is 1.87 bits per heavy atom. The van der Waals surface area contributed by atoms with Gasteiger partial charge in [0.1, 0.15) is 0 Å². The Kier molecular flexibility index (Phi) is 4.65. The lowest BCUT2D eigenvalue weighted by atomic mass is 10.1. The van der Waals surface area contributed by atoms with Gasteiger partial charge in [-0.15, -0.1) is 0 Å². The summed E-state index contributed by atoms with van der Waals surface area (Å²) in [6.07, 6.45) is -2.43. The molecule has 0 saturated heterocycles. The summed E-state index contributed by atoms with van der Waals surface area (Å²) in [5.41, 5.74) is 0.813. The molecular formula is C11H15F2NO. The van der Waals surface area contributed by atoms with Gasteiger partial charge in [0.05, 0.1) is 18.7 Å². The first kappa shape index (κ1) is 12.1. The monoisotopic (exact) mass is 215 g/mol. The minimum atomic E-state index is -2.43. The van der Waals surface area contributed by atoms with E-state index in [-0.39, 0.29) is 6.61 Å². The first-order valence-electron chi connectivity index (χ1n) is 4.85. The van der Waals surface area contributed by atoms with Gasteiger partial charge in [-0.2, -0.15) is 0 Å². The molecule has 1 unspecified atom stereocenters. The smallest absolute Gasteiger partial charge is 0.253 e. The van der Waals surface area contributed by atoms with Gasteiger partial charge in [0.25, 0.3) is 6.43 Å². The van der Waals surface area contributed by atoms with E-state index in [1.54, 1.807) is 12.1 Å². The van der Waals surface area contributed by atoms with Crippen molar-refractivity contribution >= 4 is 0 Å². The number of benzene rings is 1. The summed E-state index contributed by atoms with van der Waals surface area (Å²) in [6, 6.07) is 7.70. The van der Waals surface area contributed by atoms with E-state index in [9.17, 15) is 8.78 Å². The molecule has 84 valence electrons. The van der Waals surface area contributed by atoms with Crippen LogP contribution in [0, 0.1) is 0 Å². The molecule has 0 heterocycles. The van der Waals surface area contributed by atoms with Crippen LogP contribution in [0.2, 0.25) is 0 Å². The summed E-state index contributed by atoms with van der Waals surface area (Å²) < 4.78 is 24.6. The van der Waals surface area contributed by atoms with Gasteiger partial charge in [-0.05, 0) is 12.5 Å². The fraction of sp³-hybridized carbons (Fsp3) is 0.455. The van der Waals surface area contributed by atoms with Crippen LogP contribution in [0.1, 0.15) is 18.5 Å². The number of rotatable bonds is 5. The Morgan fingerprint density at radius 3 is 2.33 bits per heavy atom. The second-order valence-corrected chi connectivity index (χ2v) is 3.44. The van der Waals surface area contributed by atoms with Gasteiger partial charge in [0.2, 0.25) is 0 Å². The van der Waals surface area contributed by atoms with Crippen molar-refractivity contribution in [1.82, 2.24) is 5.32 Å². The molecule has 1 aromatic carbocycles. The summed E-state index contributed by atoms with van der Waals surface area (Å²) in [7, 11) is 0. The summed E-state index contributed by atoms with van der Waals surface area (Å²) in [6.45, 7) is 1.21. The minimum absolute atomic E-state index is 0.193. The maximum atomic E-state index is 12.3. The zero-order valence-corrected chi connectivity index (χ0v) is 8.53. The third kappa shape index (κ3) is 3.57. The van der Waals surface area contributed by atoms with E-state index in [1.165, 1.54) is 6.92 Å². The van der Waals surface area contributed by atoms with Gasteiger partial charge < -0.3 is 10.4 Å². The van der Waals surface area contributed by atoms with Crippen molar-refractivity contribution < 1.29 is 13.9 Å². The maximum absolute atomic E-state index is 12.3. The molecule has 0 fully saturated rings. The van der Waals surface area contributed by atoms with Crippen molar-refractivity contribution in [3.63, 3.8) is 0 Å². The first-order chi connectivity index (χ1) is 7.15. The summed E-state index contributed by atoms with van der Waals surface area (Å²) in [5, 5.41) is 11.8. The maximum Gasteiger partial charge on any atom is 0.253 e. The van der Waals surface area contributed by atoms with E-state index < -0.39 is 18.5 Å². The molecule has 0 aliphatic rings. The molecule has 0 aliphatic heterocycles. The number of hydrogen-bond donors (Lipinski definition) is 2. The molecule has 2 nitrogen and oxygen atoms in total. The highest BCUT2D eigenvalue weighted by Gasteiger charge is 2.19. The lowest BCUT2D eigenvalue weighted by Crippen LogP contribution is -2.37. The molecule has 4 heteroatoms. The van der Waals surface area contributed by atoms with Crippen LogP contribution in [0.4, 0.5) is 8.78 Å². The van der Waals surface area contributed by atoms with Crippen LogP contribution in [0.15, 0.2) is 30.3 Å². The molecule has 0 amide bonds. The van der Waals surface area contributed by atoms with Crippen LogP contribution in [0.25, 0.3) is 0 Å². The van der Waals surface area contributed by atoms with E-state index in [2.05, 4.69) is 5.32 Å².